The molecule has 21 heavy (non-hydrogen) atoms. The maximum atomic E-state index is 12.3. The molecule has 0 radical (unpaired) electrons. The maximum Gasteiger partial charge on any atom is 0.241 e. The number of aryl methyl sites for hydroxylation is 1. The van der Waals surface area contributed by atoms with E-state index in [9.17, 15) is 4.79 Å². The van der Waals surface area contributed by atoms with E-state index in [1.807, 2.05) is 12.1 Å². The number of nitrogens with one attached hydrogen (secondary N) is 2. The van der Waals surface area contributed by atoms with E-state index >= 15 is 0 Å². The Bertz CT molecular complexity index is 441. The average molecular weight is 288 g/mol. The summed E-state index contributed by atoms with van der Waals surface area (Å²) < 4.78 is 0. The molecule has 1 aliphatic heterocycles. The van der Waals surface area contributed by atoms with E-state index in [0.717, 1.165) is 31.5 Å². The Kier molecular flexibility index (Phi) is 6.24. The second kappa shape index (κ2) is 8.18. The van der Waals surface area contributed by atoms with Gasteiger partial charge in [-0.25, -0.2) is 0 Å². The van der Waals surface area contributed by atoms with Crippen LogP contribution in [-0.4, -0.2) is 18.5 Å². The summed E-state index contributed by atoms with van der Waals surface area (Å²) in [5, 5.41) is 6.37. The van der Waals surface area contributed by atoms with Gasteiger partial charge in [0, 0.05) is 5.69 Å². The molecule has 1 aromatic rings. The normalized spacial score (nSPS) is 22.0. The van der Waals surface area contributed by atoms with E-state index in [4.69, 9.17) is 0 Å². The van der Waals surface area contributed by atoms with Crippen LogP contribution < -0.4 is 10.6 Å². The zero-order valence-electron chi connectivity index (χ0n) is 13.3. The van der Waals surface area contributed by atoms with E-state index in [0.29, 0.717) is 5.92 Å². The van der Waals surface area contributed by atoms with Gasteiger partial charge in [-0.2, -0.15) is 0 Å². The standard InChI is InChI=1S/C18H28N2O/c1-3-5-6-15-7-9-16(10-8-15)20-18(21)17-13-14(4-2)11-12-19-17/h7-10,14,17,19H,3-6,11-13H2,1-2H3,(H,20,21). The minimum atomic E-state index is -0.0385. The fraction of sp³-hybridized carbons (Fsp3) is 0.611. The highest BCUT2D eigenvalue weighted by molar-refractivity contribution is 5.94. The molecule has 116 valence electrons. The molecule has 2 rings (SSSR count). The predicted octanol–water partition coefficient (Wildman–Crippen LogP) is 3.75. The minimum Gasteiger partial charge on any atom is -0.325 e. The molecule has 0 aliphatic carbocycles. The predicted molar refractivity (Wildman–Crippen MR) is 88.5 cm³/mol. The van der Waals surface area contributed by atoms with Gasteiger partial charge in [-0.15, -0.1) is 0 Å². The number of anilines is 1. The van der Waals surface area contributed by atoms with E-state index in [1.165, 1.54) is 24.8 Å². The van der Waals surface area contributed by atoms with Crippen LogP contribution in [0.1, 0.15) is 51.5 Å². The minimum absolute atomic E-state index is 0.0385. The molecule has 1 fully saturated rings. The van der Waals surface area contributed by atoms with Gasteiger partial charge in [-0.05, 0) is 55.8 Å². The molecular weight excluding hydrogens is 260 g/mol. The first-order valence-electron chi connectivity index (χ1n) is 8.36. The van der Waals surface area contributed by atoms with Crippen molar-refractivity contribution < 1.29 is 4.79 Å². The molecule has 1 amide bonds. The molecule has 1 aliphatic rings. The number of carbonyl (C=O) groups is 1. The summed E-state index contributed by atoms with van der Waals surface area (Å²) in [5.74, 6) is 0.785. The van der Waals surface area contributed by atoms with Crippen molar-refractivity contribution in [3.8, 4) is 0 Å². The molecule has 3 heteroatoms. The van der Waals surface area contributed by atoms with Crippen LogP contribution in [0.4, 0.5) is 5.69 Å². The highest BCUT2D eigenvalue weighted by atomic mass is 16.2. The van der Waals surface area contributed by atoms with E-state index in [-0.39, 0.29) is 11.9 Å². The molecule has 2 atom stereocenters. The van der Waals surface area contributed by atoms with Gasteiger partial charge in [-0.3, -0.25) is 4.79 Å². The van der Waals surface area contributed by atoms with Gasteiger partial charge < -0.3 is 10.6 Å². The molecule has 0 aromatic heterocycles. The van der Waals surface area contributed by atoms with Crippen molar-refractivity contribution in [1.82, 2.24) is 5.32 Å². The van der Waals surface area contributed by atoms with Crippen molar-refractivity contribution in [3.63, 3.8) is 0 Å². The molecule has 2 unspecified atom stereocenters. The largest absolute Gasteiger partial charge is 0.325 e. The van der Waals surface area contributed by atoms with Gasteiger partial charge in [0.25, 0.3) is 0 Å². The van der Waals surface area contributed by atoms with Crippen LogP contribution in [0.5, 0.6) is 0 Å². The zero-order chi connectivity index (χ0) is 15.1. The Labute approximate surface area is 128 Å². The topological polar surface area (TPSA) is 41.1 Å². The Morgan fingerprint density at radius 1 is 1.29 bits per heavy atom. The Balaban J connectivity index is 1.87. The zero-order valence-corrected chi connectivity index (χ0v) is 13.3. The Hall–Kier alpha value is -1.35. The molecule has 2 N–H and O–H groups in total. The molecule has 0 bridgehead atoms. The summed E-state index contributed by atoms with van der Waals surface area (Å²) in [5.41, 5.74) is 2.25. The lowest BCUT2D eigenvalue weighted by atomic mass is 9.90. The third-order valence-corrected chi connectivity index (χ3v) is 4.45. The third kappa shape index (κ3) is 4.85. The quantitative estimate of drug-likeness (QED) is 0.837. The van der Waals surface area contributed by atoms with Crippen LogP contribution in [0.15, 0.2) is 24.3 Å². The average Bonchev–Trinajstić information content (AvgIpc) is 2.54. The Morgan fingerprint density at radius 2 is 2.05 bits per heavy atom. The van der Waals surface area contributed by atoms with E-state index in [2.05, 4.69) is 36.6 Å². The highest BCUT2D eigenvalue weighted by Gasteiger charge is 2.25. The van der Waals surface area contributed by atoms with Crippen LogP contribution in [0.3, 0.4) is 0 Å². The number of rotatable bonds is 6. The third-order valence-electron chi connectivity index (χ3n) is 4.45. The second-order valence-corrected chi connectivity index (χ2v) is 6.10. The summed E-state index contributed by atoms with van der Waals surface area (Å²) in [4.78, 5) is 12.3. The maximum absolute atomic E-state index is 12.3. The van der Waals surface area contributed by atoms with Crippen molar-refractivity contribution in [2.75, 3.05) is 11.9 Å². The molecule has 1 saturated heterocycles. The number of piperidine rings is 1. The summed E-state index contributed by atoms with van der Waals surface area (Å²) >= 11 is 0. The van der Waals surface area contributed by atoms with Crippen molar-refractivity contribution in [3.05, 3.63) is 29.8 Å². The van der Waals surface area contributed by atoms with Crippen LogP contribution in [0.2, 0.25) is 0 Å². The summed E-state index contributed by atoms with van der Waals surface area (Å²) in [7, 11) is 0. The lowest BCUT2D eigenvalue weighted by Gasteiger charge is -2.28. The van der Waals surface area contributed by atoms with Crippen molar-refractivity contribution in [2.45, 2.75) is 58.4 Å². The van der Waals surface area contributed by atoms with Crippen molar-refractivity contribution in [1.29, 1.82) is 0 Å². The van der Waals surface area contributed by atoms with Gasteiger partial charge >= 0.3 is 0 Å². The fourth-order valence-electron chi connectivity index (χ4n) is 2.93. The number of hydrogen-bond donors (Lipinski definition) is 2. The van der Waals surface area contributed by atoms with Gasteiger partial charge in [0.2, 0.25) is 5.91 Å². The summed E-state index contributed by atoms with van der Waals surface area (Å²) in [6.07, 6.45) is 6.86. The van der Waals surface area contributed by atoms with Crippen molar-refractivity contribution >= 4 is 11.6 Å². The van der Waals surface area contributed by atoms with Crippen LogP contribution in [0, 0.1) is 5.92 Å². The molecule has 0 spiro atoms. The fourth-order valence-corrected chi connectivity index (χ4v) is 2.93. The Morgan fingerprint density at radius 3 is 2.71 bits per heavy atom. The van der Waals surface area contributed by atoms with E-state index < -0.39 is 0 Å². The van der Waals surface area contributed by atoms with Crippen LogP contribution >= 0.6 is 0 Å². The smallest absolute Gasteiger partial charge is 0.241 e. The van der Waals surface area contributed by atoms with Gasteiger partial charge in [0.1, 0.15) is 0 Å². The number of carbonyl (C=O) groups excluding carboxylic acids is 1. The van der Waals surface area contributed by atoms with Gasteiger partial charge in [-0.1, -0.05) is 38.8 Å². The van der Waals surface area contributed by atoms with Gasteiger partial charge in [0.15, 0.2) is 0 Å². The highest BCUT2D eigenvalue weighted by Crippen LogP contribution is 2.20. The first-order chi connectivity index (χ1) is 10.2. The molecule has 1 aromatic carbocycles. The molecular formula is C18H28N2O. The first kappa shape index (κ1) is 16.0. The van der Waals surface area contributed by atoms with Crippen LogP contribution in [-0.2, 0) is 11.2 Å². The van der Waals surface area contributed by atoms with Crippen molar-refractivity contribution in [2.24, 2.45) is 5.92 Å². The summed E-state index contributed by atoms with van der Waals surface area (Å²) in [6.45, 7) is 5.36. The molecule has 1 heterocycles. The monoisotopic (exact) mass is 288 g/mol. The number of benzene rings is 1. The number of unbranched alkanes of at least 4 members (excludes halogenated alkanes) is 1. The lowest BCUT2D eigenvalue weighted by molar-refractivity contribution is -0.119. The molecule has 0 saturated carbocycles. The first-order valence-corrected chi connectivity index (χ1v) is 8.36. The SMILES string of the molecule is CCCCc1ccc(NC(=O)C2CC(CC)CCN2)cc1. The van der Waals surface area contributed by atoms with Crippen LogP contribution in [0.25, 0.3) is 0 Å². The van der Waals surface area contributed by atoms with E-state index in [1.54, 1.807) is 0 Å². The molecule has 3 nitrogen and oxygen atoms in total. The lowest BCUT2D eigenvalue weighted by Crippen LogP contribution is -2.46. The number of amides is 1. The summed E-state index contributed by atoms with van der Waals surface area (Å²) in [6, 6.07) is 8.23. The second-order valence-electron chi connectivity index (χ2n) is 6.10. The van der Waals surface area contributed by atoms with Gasteiger partial charge in [0.05, 0.1) is 6.04 Å². The number of hydrogen-bond acceptors (Lipinski definition) is 2.